The molecule has 0 atom stereocenters. The number of nitrogen functional groups attached to an aromatic ring is 1. The number of benzene rings is 2. The maximum absolute atomic E-state index is 13.0. The largest absolute Gasteiger partial charge is 0.382 e. The van der Waals surface area contributed by atoms with E-state index in [0.717, 1.165) is 10.2 Å². The maximum atomic E-state index is 13.0. The van der Waals surface area contributed by atoms with Gasteiger partial charge in [0.15, 0.2) is 11.5 Å². The second kappa shape index (κ2) is 4.88. The highest BCUT2D eigenvalue weighted by Crippen LogP contribution is 2.32. The first-order valence-corrected chi connectivity index (χ1v) is 7.37. The molecule has 0 aliphatic carbocycles. The smallest absolute Gasteiger partial charge is 0.165 e. The molecule has 0 amide bonds. The van der Waals surface area contributed by atoms with Gasteiger partial charge in [0.05, 0.1) is 15.9 Å². The minimum absolute atomic E-state index is 0.311. The molecular formula is C15H10FN5S. The number of halogens is 1. The van der Waals surface area contributed by atoms with Gasteiger partial charge in [-0.05, 0) is 36.4 Å². The number of hydrogen-bond donors (Lipinski definition) is 1. The molecule has 2 aromatic heterocycles. The van der Waals surface area contributed by atoms with Crippen LogP contribution in [0, 0.1) is 5.82 Å². The summed E-state index contributed by atoms with van der Waals surface area (Å²) in [5, 5.41) is 8.89. The van der Waals surface area contributed by atoms with Crippen LogP contribution in [0.4, 0.5) is 10.2 Å². The predicted octanol–water partition coefficient (Wildman–Crippen LogP) is 3.27. The van der Waals surface area contributed by atoms with Crippen LogP contribution in [0.1, 0.15) is 0 Å². The first kappa shape index (κ1) is 12.9. The van der Waals surface area contributed by atoms with Crippen LogP contribution < -0.4 is 5.73 Å². The number of nitrogens with zero attached hydrogens (tertiary/aromatic N) is 4. The topological polar surface area (TPSA) is 69.6 Å². The van der Waals surface area contributed by atoms with Gasteiger partial charge in [-0.25, -0.2) is 9.37 Å². The van der Waals surface area contributed by atoms with Crippen LogP contribution in [-0.2, 0) is 0 Å². The van der Waals surface area contributed by atoms with Crippen molar-refractivity contribution >= 4 is 27.4 Å². The highest BCUT2D eigenvalue weighted by Gasteiger charge is 2.16. The molecule has 0 saturated heterocycles. The minimum atomic E-state index is -0.311. The molecule has 5 nitrogen and oxygen atoms in total. The molecule has 7 heteroatoms. The number of aromatic nitrogens is 4. The van der Waals surface area contributed by atoms with Gasteiger partial charge in [0.1, 0.15) is 10.8 Å². The fourth-order valence-corrected chi connectivity index (χ4v) is 3.15. The van der Waals surface area contributed by atoms with E-state index < -0.39 is 0 Å². The third-order valence-electron chi connectivity index (χ3n) is 3.27. The molecule has 0 bridgehead atoms. The van der Waals surface area contributed by atoms with Gasteiger partial charge < -0.3 is 5.73 Å². The van der Waals surface area contributed by atoms with Crippen molar-refractivity contribution in [1.29, 1.82) is 0 Å². The number of para-hydroxylation sites is 1. The van der Waals surface area contributed by atoms with Gasteiger partial charge in [-0.1, -0.05) is 17.3 Å². The van der Waals surface area contributed by atoms with Crippen LogP contribution in [-0.4, -0.2) is 20.0 Å². The highest BCUT2D eigenvalue weighted by molar-refractivity contribution is 7.21. The predicted molar refractivity (Wildman–Crippen MR) is 84.3 cm³/mol. The van der Waals surface area contributed by atoms with Crippen molar-refractivity contribution in [1.82, 2.24) is 20.0 Å². The quantitative estimate of drug-likeness (QED) is 0.617. The lowest BCUT2D eigenvalue weighted by atomic mass is 10.3. The summed E-state index contributed by atoms with van der Waals surface area (Å²) in [6, 6.07) is 13.7. The van der Waals surface area contributed by atoms with Gasteiger partial charge in [-0.2, -0.15) is 4.68 Å². The number of anilines is 1. The van der Waals surface area contributed by atoms with E-state index in [2.05, 4.69) is 15.3 Å². The van der Waals surface area contributed by atoms with Crippen LogP contribution in [0.5, 0.6) is 0 Å². The first-order valence-electron chi connectivity index (χ1n) is 6.55. The van der Waals surface area contributed by atoms with Gasteiger partial charge in [-0.3, -0.25) is 0 Å². The van der Waals surface area contributed by atoms with Crippen LogP contribution in [0.15, 0.2) is 48.5 Å². The molecule has 2 aromatic carbocycles. The monoisotopic (exact) mass is 311 g/mol. The van der Waals surface area contributed by atoms with E-state index in [1.165, 1.54) is 28.2 Å². The minimum Gasteiger partial charge on any atom is -0.382 e. The lowest BCUT2D eigenvalue weighted by Gasteiger charge is -2.02. The summed E-state index contributed by atoms with van der Waals surface area (Å²) in [5.74, 6) is 0.0690. The van der Waals surface area contributed by atoms with Gasteiger partial charge in [0, 0.05) is 0 Å². The third kappa shape index (κ3) is 2.03. The number of fused-ring (bicyclic) bond motifs is 1. The van der Waals surface area contributed by atoms with Crippen LogP contribution in [0.25, 0.3) is 26.6 Å². The van der Waals surface area contributed by atoms with Gasteiger partial charge in [0.2, 0.25) is 0 Å². The van der Waals surface area contributed by atoms with Crippen LogP contribution >= 0.6 is 11.3 Å². The normalized spacial score (nSPS) is 11.1. The standard InChI is InChI=1S/C15H10FN5S/c16-9-5-7-10(8-6-9)21-14(17)13(19-20-21)15-18-11-3-1-2-4-12(11)22-15/h1-8H,17H2. The maximum Gasteiger partial charge on any atom is 0.165 e. The molecule has 0 saturated carbocycles. The average Bonchev–Trinajstić information content (AvgIpc) is 3.11. The van der Waals surface area contributed by atoms with Crippen LogP contribution in [0.3, 0.4) is 0 Å². The zero-order valence-electron chi connectivity index (χ0n) is 11.3. The molecule has 0 spiro atoms. The Bertz CT molecular complexity index is 925. The SMILES string of the molecule is Nc1c(-c2nc3ccccc3s2)nnn1-c1ccc(F)cc1. The molecule has 4 rings (SSSR count). The second-order valence-corrected chi connectivity index (χ2v) is 5.73. The molecule has 0 fully saturated rings. The zero-order chi connectivity index (χ0) is 15.1. The lowest BCUT2D eigenvalue weighted by Crippen LogP contribution is -2.02. The van der Waals surface area contributed by atoms with Crippen molar-refractivity contribution in [2.75, 3.05) is 5.73 Å². The third-order valence-corrected chi connectivity index (χ3v) is 4.32. The molecule has 0 aliphatic rings. The Hall–Kier alpha value is -2.80. The Morgan fingerprint density at radius 3 is 2.59 bits per heavy atom. The van der Waals surface area contributed by atoms with E-state index in [-0.39, 0.29) is 5.82 Å². The Morgan fingerprint density at radius 1 is 1.05 bits per heavy atom. The van der Waals surface area contributed by atoms with Gasteiger partial charge >= 0.3 is 0 Å². The Balaban J connectivity index is 1.82. The number of rotatable bonds is 2. The molecule has 0 unspecified atom stereocenters. The molecular weight excluding hydrogens is 301 g/mol. The van der Waals surface area contributed by atoms with Crippen molar-refractivity contribution in [3.63, 3.8) is 0 Å². The molecule has 4 aromatic rings. The summed E-state index contributed by atoms with van der Waals surface area (Å²) in [5.41, 5.74) is 8.22. The fraction of sp³-hybridized carbons (Fsp3) is 0. The summed E-state index contributed by atoms with van der Waals surface area (Å²) >= 11 is 1.51. The zero-order valence-corrected chi connectivity index (χ0v) is 12.1. The van der Waals surface area contributed by atoms with Crippen molar-refractivity contribution in [3.05, 3.63) is 54.3 Å². The van der Waals surface area contributed by atoms with E-state index in [0.29, 0.717) is 22.2 Å². The average molecular weight is 311 g/mol. The number of thiazole rings is 1. The van der Waals surface area contributed by atoms with Crippen molar-refractivity contribution < 1.29 is 4.39 Å². The van der Waals surface area contributed by atoms with Crippen LogP contribution in [0.2, 0.25) is 0 Å². The number of nitrogens with two attached hydrogens (primary N) is 1. The molecule has 2 heterocycles. The van der Waals surface area contributed by atoms with E-state index >= 15 is 0 Å². The Labute approximate surface area is 128 Å². The highest BCUT2D eigenvalue weighted by atomic mass is 32.1. The molecule has 22 heavy (non-hydrogen) atoms. The van der Waals surface area contributed by atoms with Crippen molar-refractivity contribution in [2.45, 2.75) is 0 Å². The lowest BCUT2D eigenvalue weighted by molar-refractivity contribution is 0.627. The van der Waals surface area contributed by atoms with E-state index in [9.17, 15) is 4.39 Å². The summed E-state index contributed by atoms with van der Waals surface area (Å²) in [7, 11) is 0. The molecule has 0 radical (unpaired) electrons. The first-order chi connectivity index (χ1) is 10.7. The Morgan fingerprint density at radius 2 is 1.82 bits per heavy atom. The van der Waals surface area contributed by atoms with E-state index in [1.807, 2.05) is 24.3 Å². The summed E-state index contributed by atoms with van der Waals surface area (Å²) in [6.45, 7) is 0. The van der Waals surface area contributed by atoms with Gasteiger partial charge in [0.25, 0.3) is 0 Å². The number of hydrogen-bond acceptors (Lipinski definition) is 5. The summed E-state index contributed by atoms with van der Waals surface area (Å²) < 4.78 is 15.5. The molecule has 108 valence electrons. The second-order valence-electron chi connectivity index (χ2n) is 4.70. The van der Waals surface area contributed by atoms with Crippen molar-refractivity contribution in [3.8, 4) is 16.4 Å². The van der Waals surface area contributed by atoms with E-state index in [1.54, 1.807) is 12.1 Å². The fourth-order valence-electron chi connectivity index (χ4n) is 2.19. The summed E-state index contributed by atoms with van der Waals surface area (Å²) in [4.78, 5) is 4.53. The Kier molecular flexibility index (Phi) is 2.87. The van der Waals surface area contributed by atoms with Crippen molar-refractivity contribution in [2.24, 2.45) is 0 Å². The molecule has 0 aliphatic heterocycles. The van der Waals surface area contributed by atoms with E-state index in [4.69, 9.17) is 5.73 Å². The summed E-state index contributed by atoms with van der Waals surface area (Å²) in [6.07, 6.45) is 0. The van der Waals surface area contributed by atoms with Gasteiger partial charge in [-0.15, -0.1) is 16.4 Å². The molecule has 2 N–H and O–H groups in total.